The number of hydrogen-bond acceptors (Lipinski definition) is 6. The molecule has 0 saturated heterocycles. The van der Waals surface area contributed by atoms with Crippen molar-refractivity contribution in [3.8, 4) is 6.07 Å². The number of halogens is 3. The van der Waals surface area contributed by atoms with Gasteiger partial charge in [0.2, 0.25) is 5.60 Å². The summed E-state index contributed by atoms with van der Waals surface area (Å²) in [5.74, 6) is -3.96. The van der Waals surface area contributed by atoms with Crippen molar-refractivity contribution in [3.05, 3.63) is 58.4 Å². The van der Waals surface area contributed by atoms with Crippen molar-refractivity contribution in [2.24, 2.45) is 10.7 Å². The molecule has 1 atom stereocenters. The normalized spacial score (nSPS) is 20.5. The second-order valence-electron chi connectivity index (χ2n) is 6.19. The van der Waals surface area contributed by atoms with E-state index in [2.05, 4.69) is 15.3 Å². The van der Waals surface area contributed by atoms with Crippen LogP contribution in [-0.4, -0.2) is 29.4 Å². The van der Waals surface area contributed by atoms with Crippen LogP contribution in [0.5, 0.6) is 0 Å². The van der Waals surface area contributed by atoms with Crippen LogP contribution in [0.25, 0.3) is 0 Å². The fourth-order valence-electron chi connectivity index (χ4n) is 2.65. The first-order valence-corrected chi connectivity index (χ1v) is 8.38. The molecule has 0 aliphatic carbocycles. The van der Waals surface area contributed by atoms with E-state index in [9.17, 15) is 13.6 Å². The van der Waals surface area contributed by atoms with E-state index in [-0.39, 0.29) is 28.0 Å². The van der Waals surface area contributed by atoms with Crippen molar-refractivity contribution in [1.82, 2.24) is 4.98 Å². The predicted octanol–water partition coefficient (Wildman–Crippen LogP) is 3.05. The SMILES string of the molecule is C[C@]1(c2cc(NC(=O)c3ccc(C#N)cn3)ccc2Cl)OC(N)=NCC1(F)F. The lowest BCUT2D eigenvalue weighted by molar-refractivity contribution is -0.171. The largest absolute Gasteiger partial charge is 0.448 e. The summed E-state index contributed by atoms with van der Waals surface area (Å²) in [4.78, 5) is 19.7. The molecule has 1 aliphatic heterocycles. The molecule has 144 valence electrons. The molecule has 0 spiro atoms. The van der Waals surface area contributed by atoms with Crippen molar-refractivity contribution in [2.45, 2.75) is 18.4 Å². The number of aromatic nitrogens is 1. The molecule has 0 unspecified atom stereocenters. The number of amides is 1. The lowest BCUT2D eigenvalue weighted by atomic mass is 9.87. The zero-order valence-electron chi connectivity index (χ0n) is 14.5. The third-order valence-electron chi connectivity index (χ3n) is 4.30. The number of alkyl halides is 2. The van der Waals surface area contributed by atoms with Crippen LogP contribution in [0.3, 0.4) is 0 Å². The van der Waals surface area contributed by atoms with Crippen LogP contribution in [0.4, 0.5) is 14.5 Å². The number of ether oxygens (including phenoxy) is 1. The topological polar surface area (TPSA) is 113 Å². The summed E-state index contributed by atoms with van der Waals surface area (Å²) in [7, 11) is 0. The number of nitriles is 1. The fourth-order valence-corrected chi connectivity index (χ4v) is 2.95. The Hall–Kier alpha value is -3.25. The van der Waals surface area contributed by atoms with Crippen LogP contribution in [0.1, 0.15) is 28.5 Å². The number of nitrogens with two attached hydrogens (primary N) is 1. The van der Waals surface area contributed by atoms with Crippen LogP contribution in [-0.2, 0) is 10.3 Å². The van der Waals surface area contributed by atoms with E-state index in [1.807, 2.05) is 6.07 Å². The molecular weight excluding hydrogens is 392 g/mol. The standard InChI is InChI=1S/C18H14ClF2N5O2/c1-17(18(20,21)9-25-16(23)28-17)12-6-11(3-4-13(12)19)26-15(27)14-5-2-10(7-22)8-24-14/h2-6,8H,9H2,1H3,(H2,23,25)(H,26,27)/t17-/m1/s1. The van der Waals surface area contributed by atoms with Gasteiger partial charge in [0.05, 0.1) is 5.56 Å². The lowest BCUT2D eigenvalue weighted by Gasteiger charge is -2.40. The zero-order valence-corrected chi connectivity index (χ0v) is 15.3. The van der Waals surface area contributed by atoms with Gasteiger partial charge in [-0.25, -0.2) is 9.98 Å². The minimum atomic E-state index is -3.38. The maximum Gasteiger partial charge on any atom is 0.310 e. The van der Waals surface area contributed by atoms with Crippen molar-refractivity contribution in [2.75, 3.05) is 11.9 Å². The first-order valence-electron chi connectivity index (χ1n) is 8.00. The van der Waals surface area contributed by atoms with E-state index in [4.69, 9.17) is 27.3 Å². The molecule has 1 aromatic heterocycles. The quantitative estimate of drug-likeness (QED) is 0.814. The van der Waals surface area contributed by atoms with Gasteiger partial charge in [0, 0.05) is 22.5 Å². The van der Waals surface area contributed by atoms with E-state index in [0.29, 0.717) is 5.56 Å². The molecule has 0 radical (unpaired) electrons. The number of amidine groups is 1. The third kappa shape index (κ3) is 3.46. The van der Waals surface area contributed by atoms with Gasteiger partial charge in [-0.2, -0.15) is 14.0 Å². The summed E-state index contributed by atoms with van der Waals surface area (Å²) in [6, 6.07) is 8.44. The van der Waals surface area contributed by atoms with E-state index in [0.717, 1.165) is 6.92 Å². The van der Waals surface area contributed by atoms with Crippen LogP contribution in [0.15, 0.2) is 41.5 Å². The fraction of sp³-hybridized carbons (Fsp3) is 0.222. The number of benzene rings is 1. The number of rotatable bonds is 3. The van der Waals surface area contributed by atoms with Crippen LogP contribution in [0.2, 0.25) is 5.02 Å². The summed E-state index contributed by atoms with van der Waals surface area (Å²) in [5.41, 5.74) is 3.83. The minimum Gasteiger partial charge on any atom is -0.448 e. The molecule has 2 heterocycles. The number of nitrogens with one attached hydrogen (secondary N) is 1. The second kappa shape index (κ2) is 7.05. The third-order valence-corrected chi connectivity index (χ3v) is 4.63. The Labute approximate surface area is 163 Å². The highest BCUT2D eigenvalue weighted by Gasteiger charge is 2.57. The van der Waals surface area contributed by atoms with Gasteiger partial charge in [-0.05, 0) is 37.3 Å². The van der Waals surface area contributed by atoms with Crippen LogP contribution < -0.4 is 11.1 Å². The van der Waals surface area contributed by atoms with Gasteiger partial charge in [-0.3, -0.25) is 4.79 Å². The van der Waals surface area contributed by atoms with Crippen LogP contribution >= 0.6 is 11.6 Å². The Morgan fingerprint density at radius 3 is 2.79 bits per heavy atom. The first kappa shape index (κ1) is 19.5. The van der Waals surface area contributed by atoms with E-state index >= 15 is 0 Å². The molecule has 0 saturated carbocycles. The highest BCUT2D eigenvalue weighted by atomic mass is 35.5. The van der Waals surface area contributed by atoms with E-state index in [1.165, 1.54) is 36.5 Å². The Morgan fingerprint density at radius 2 is 2.14 bits per heavy atom. The lowest BCUT2D eigenvalue weighted by Crippen LogP contribution is -2.53. The molecule has 1 aromatic carbocycles. The number of anilines is 1. The predicted molar refractivity (Wildman–Crippen MR) is 98.2 cm³/mol. The number of hydrogen-bond donors (Lipinski definition) is 2. The molecule has 28 heavy (non-hydrogen) atoms. The Kier molecular flexibility index (Phi) is 4.91. The van der Waals surface area contributed by atoms with Gasteiger partial charge in [0.1, 0.15) is 18.3 Å². The van der Waals surface area contributed by atoms with Gasteiger partial charge in [0.15, 0.2) is 0 Å². The Bertz CT molecular complexity index is 1000. The molecule has 3 N–H and O–H groups in total. The van der Waals surface area contributed by atoms with Crippen LogP contribution in [0, 0.1) is 11.3 Å². The highest BCUT2D eigenvalue weighted by Crippen LogP contribution is 2.46. The zero-order chi connectivity index (χ0) is 20.5. The van der Waals surface area contributed by atoms with Crippen molar-refractivity contribution >= 4 is 29.2 Å². The number of aliphatic imine (C=N–C) groups is 1. The summed E-state index contributed by atoms with van der Waals surface area (Å²) in [6.07, 6.45) is 1.25. The first-order chi connectivity index (χ1) is 13.2. The summed E-state index contributed by atoms with van der Waals surface area (Å²) < 4.78 is 34.3. The van der Waals surface area contributed by atoms with E-state index in [1.54, 1.807) is 0 Å². The van der Waals surface area contributed by atoms with Gasteiger partial charge < -0.3 is 15.8 Å². The van der Waals surface area contributed by atoms with Gasteiger partial charge in [-0.1, -0.05) is 11.6 Å². The van der Waals surface area contributed by atoms with Gasteiger partial charge in [-0.15, -0.1) is 0 Å². The van der Waals surface area contributed by atoms with Crippen molar-refractivity contribution < 1.29 is 18.3 Å². The maximum atomic E-state index is 14.6. The Morgan fingerprint density at radius 1 is 1.39 bits per heavy atom. The summed E-state index contributed by atoms with van der Waals surface area (Å²) >= 11 is 6.13. The molecule has 1 amide bonds. The summed E-state index contributed by atoms with van der Waals surface area (Å²) in [6.45, 7) is 0.306. The maximum absolute atomic E-state index is 14.6. The molecule has 2 aromatic rings. The second-order valence-corrected chi connectivity index (χ2v) is 6.59. The molecule has 7 nitrogen and oxygen atoms in total. The highest BCUT2D eigenvalue weighted by molar-refractivity contribution is 6.31. The van der Waals surface area contributed by atoms with E-state index < -0.39 is 24.0 Å². The molecule has 10 heteroatoms. The molecule has 1 aliphatic rings. The number of carbonyl (C=O) groups excluding carboxylic acids is 1. The average Bonchev–Trinajstić information content (AvgIpc) is 2.66. The number of carbonyl (C=O) groups is 1. The molecule has 3 rings (SSSR count). The molecular formula is C18H14ClF2N5O2. The van der Waals surface area contributed by atoms with Gasteiger partial charge in [0.25, 0.3) is 11.9 Å². The monoisotopic (exact) mass is 405 g/mol. The number of nitrogens with zero attached hydrogens (tertiary/aromatic N) is 3. The minimum absolute atomic E-state index is 0.0198. The van der Waals surface area contributed by atoms with Crippen molar-refractivity contribution in [3.63, 3.8) is 0 Å². The molecule has 0 bridgehead atoms. The van der Waals surface area contributed by atoms with Gasteiger partial charge >= 0.3 is 5.92 Å². The Balaban J connectivity index is 1.92. The average molecular weight is 406 g/mol. The molecule has 0 fully saturated rings. The smallest absolute Gasteiger partial charge is 0.310 e. The van der Waals surface area contributed by atoms with Crippen molar-refractivity contribution in [1.29, 1.82) is 5.26 Å². The number of pyridine rings is 1. The summed E-state index contributed by atoms with van der Waals surface area (Å²) in [5, 5.41) is 11.3.